The van der Waals surface area contributed by atoms with Gasteiger partial charge in [0.15, 0.2) is 0 Å². The molecule has 1 rings (SSSR count). The Morgan fingerprint density at radius 3 is 2.57 bits per heavy atom. The molecule has 1 heterocycles. The van der Waals surface area contributed by atoms with Crippen molar-refractivity contribution in [3.05, 3.63) is 0 Å². The summed E-state index contributed by atoms with van der Waals surface area (Å²) >= 11 is 0. The van der Waals surface area contributed by atoms with E-state index in [-0.39, 0.29) is 17.9 Å². The van der Waals surface area contributed by atoms with Crippen molar-refractivity contribution in [2.75, 3.05) is 33.5 Å². The molecular weight excluding hydrogens is 272 g/mol. The van der Waals surface area contributed by atoms with E-state index in [0.717, 1.165) is 12.8 Å². The molecule has 0 aromatic carbocycles. The number of piperazine rings is 1. The number of hydrogen-bond donors (Lipinski definition) is 1. The summed E-state index contributed by atoms with van der Waals surface area (Å²) in [7, 11) is 1.66. The zero-order valence-electron chi connectivity index (χ0n) is 13.6. The predicted octanol–water partition coefficient (Wildman–Crippen LogP) is 0.945. The van der Waals surface area contributed by atoms with Crippen LogP contribution in [0.2, 0.25) is 0 Å². The molecule has 1 aliphatic heterocycles. The van der Waals surface area contributed by atoms with E-state index in [2.05, 4.69) is 5.32 Å². The van der Waals surface area contributed by atoms with Crippen LogP contribution in [0, 0.1) is 0 Å². The Balaban J connectivity index is 2.55. The van der Waals surface area contributed by atoms with Crippen LogP contribution >= 0.6 is 0 Å². The van der Waals surface area contributed by atoms with E-state index in [9.17, 15) is 9.59 Å². The largest absolute Gasteiger partial charge is 0.385 e. The molecule has 0 aromatic heterocycles. The number of nitrogens with one attached hydrogen (secondary N) is 1. The van der Waals surface area contributed by atoms with Crippen molar-refractivity contribution in [2.45, 2.75) is 51.6 Å². The van der Waals surface area contributed by atoms with Crippen molar-refractivity contribution in [1.29, 1.82) is 0 Å². The first-order valence-electron chi connectivity index (χ1n) is 7.63. The lowest BCUT2D eigenvalue weighted by Crippen LogP contribution is -2.68. The van der Waals surface area contributed by atoms with E-state index in [1.165, 1.54) is 0 Å². The summed E-state index contributed by atoms with van der Waals surface area (Å²) in [5, 5.41) is 2.80. The second-order valence-electron chi connectivity index (χ2n) is 5.88. The fourth-order valence-corrected chi connectivity index (χ4v) is 2.47. The molecule has 6 heteroatoms. The standard InChI is InChI=1S/C15H28N2O4/c1-5-7-12-13(18)16-15(2,3)14(19)17(12)8-11-21-10-6-9-20-4/h12H,5-11H2,1-4H3,(H,16,18). The van der Waals surface area contributed by atoms with Crippen LogP contribution < -0.4 is 5.32 Å². The molecule has 0 aliphatic carbocycles. The maximum Gasteiger partial charge on any atom is 0.248 e. The molecule has 0 saturated carbocycles. The lowest BCUT2D eigenvalue weighted by Gasteiger charge is -2.42. The molecule has 1 unspecified atom stereocenters. The van der Waals surface area contributed by atoms with E-state index in [4.69, 9.17) is 9.47 Å². The van der Waals surface area contributed by atoms with Gasteiger partial charge in [0.1, 0.15) is 11.6 Å². The van der Waals surface area contributed by atoms with Gasteiger partial charge < -0.3 is 19.7 Å². The van der Waals surface area contributed by atoms with Gasteiger partial charge in [0.2, 0.25) is 11.8 Å². The second-order valence-corrected chi connectivity index (χ2v) is 5.88. The molecule has 1 aliphatic rings. The molecule has 1 fully saturated rings. The SMILES string of the molecule is CCCC1C(=O)NC(C)(C)C(=O)N1CCOCCCOC. The van der Waals surface area contributed by atoms with Crippen LogP contribution in [0.15, 0.2) is 0 Å². The van der Waals surface area contributed by atoms with Crippen LogP contribution in [0.5, 0.6) is 0 Å². The van der Waals surface area contributed by atoms with Crippen LogP contribution in [0.4, 0.5) is 0 Å². The lowest BCUT2D eigenvalue weighted by molar-refractivity contribution is -0.154. The number of nitrogens with zero attached hydrogens (tertiary/aromatic N) is 1. The number of carbonyl (C=O) groups excluding carboxylic acids is 2. The quantitative estimate of drug-likeness (QED) is 0.644. The first-order valence-corrected chi connectivity index (χ1v) is 7.63. The summed E-state index contributed by atoms with van der Waals surface area (Å²) in [6, 6.07) is -0.377. The highest BCUT2D eigenvalue weighted by Crippen LogP contribution is 2.20. The van der Waals surface area contributed by atoms with Crippen molar-refractivity contribution >= 4 is 11.8 Å². The molecule has 122 valence electrons. The van der Waals surface area contributed by atoms with E-state index in [1.807, 2.05) is 6.92 Å². The molecule has 0 bridgehead atoms. The Kier molecular flexibility index (Phi) is 7.11. The monoisotopic (exact) mass is 300 g/mol. The highest BCUT2D eigenvalue weighted by atomic mass is 16.5. The Labute approximate surface area is 127 Å². The van der Waals surface area contributed by atoms with Crippen LogP contribution in [0.1, 0.15) is 40.0 Å². The Hall–Kier alpha value is -1.14. The molecular formula is C15H28N2O4. The Morgan fingerprint density at radius 1 is 1.24 bits per heavy atom. The molecule has 1 N–H and O–H groups in total. The van der Waals surface area contributed by atoms with Gasteiger partial charge in [-0.25, -0.2) is 0 Å². The van der Waals surface area contributed by atoms with Crippen LogP contribution in [0.25, 0.3) is 0 Å². The second kappa shape index (κ2) is 8.34. The first-order chi connectivity index (χ1) is 9.94. The third kappa shape index (κ3) is 4.97. The smallest absolute Gasteiger partial charge is 0.248 e. The number of amides is 2. The third-order valence-electron chi connectivity index (χ3n) is 3.59. The van der Waals surface area contributed by atoms with Crippen LogP contribution in [-0.4, -0.2) is 61.8 Å². The highest BCUT2D eigenvalue weighted by Gasteiger charge is 2.44. The molecule has 2 amide bonds. The van der Waals surface area contributed by atoms with Gasteiger partial charge in [-0.2, -0.15) is 0 Å². The third-order valence-corrected chi connectivity index (χ3v) is 3.59. The maximum atomic E-state index is 12.5. The summed E-state index contributed by atoms with van der Waals surface area (Å²) < 4.78 is 10.5. The fraction of sp³-hybridized carbons (Fsp3) is 0.867. The van der Waals surface area contributed by atoms with Crippen LogP contribution in [-0.2, 0) is 19.1 Å². The highest BCUT2D eigenvalue weighted by molar-refractivity contribution is 5.99. The number of hydrogen-bond acceptors (Lipinski definition) is 4. The average Bonchev–Trinajstić information content (AvgIpc) is 2.42. The number of ether oxygens (including phenoxy) is 2. The van der Waals surface area contributed by atoms with Gasteiger partial charge in [0.25, 0.3) is 0 Å². The number of rotatable bonds is 9. The van der Waals surface area contributed by atoms with Gasteiger partial charge in [-0.1, -0.05) is 13.3 Å². The summed E-state index contributed by atoms with van der Waals surface area (Å²) in [6.45, 7) is 7.65. The van der Waals surface area contributed by atoms with Gasteiger partial charge in [0, 0.05) is 26.9 Å². The lowest BCUT2D eigenvalue weighted by atomic mass is 9.95. The number of methoxy groups -OCH3 is 1. The van der Waals surface area contributed by atoms with E-state index in [1.54, 1.807) is 25.9 Å². The molecule has 0 radical (unpaired) electrons. The van der Waals surface area contributed by atoms with Crippen molar-refractivity contribution in [1.82, 2.24) is 10.2 Å². The van der Waals surface area contributed by atoms with Gasteiger partial charge in [0.05, 0.1) is 6.61 Å². The van der Waals surface area contributed by atoms with Gasteiger partial charge in [-0.3, -0.25) is 9.59 Å². The first kappa shape index (κ1) is 17.9. The average molecular weight is 300 g/mol. The molecule has 21 heavy (non-hydrogen) atoms. The minimum absolute atomic E-state index is 0.0407. The topological polar surface area (TPSA) is 67.9 Å². The Bertz CT molecular complexity index is 358. The molecule has 1 atom stereocenters. The minimum Gasteiger partial charge on any atom is -0.385 e. The van der Waals surface area contributed by atoms with Crippen molar-refractivity contribution in [3.8, 4) is 0 Å². The zero-order chi connectivity index (χ0) is 15.9. The molecule has 0 aromatic rings. The van der Waals surface area contributed by atoms with Crippen molar-refractivity contribution in [3.63, 3.8) is 0 Å². The van der Waals surface area contributed by atoms with Gasteiger partial charge >= 0.3 is 0 Å². The predicted molar refractivity (Wildman–Crippen MR) is 79.9 cm³/mol. The summed E-state index contributed by atoms with van der Waals surface area (Å²) in [4.78, 5) is 26.3. The summed E-state index contributed by atoms with van der Waals surface area (Å²) in [5.41, 5.74) is -0.836. The van der Waals surface area contributed by atoms with E-state index >= 15 is 0 Å². The summed E-state index contributed by atoms with van der Waals surface area (Å²) in [6.07, 6.45) is 2.36. The fourth-order valence-electron chi connectivity index (χ4n) is 2.47. The van der Waals surface area contributed by atoms with E-state index in [0.29, 0.717) is 32.8 Å². The van der Waals surface area contributed by atoms with Gasteiger partial charge in [-0.15, -0.1) is 0 Å². The van der Waals surface area contributed by atoms with Crippen LogP contribution in [0.3, 0.4) is 0 Å². The normalized spacial score (nSPS) is 21.5. The molecule has 0 spiro atoms. The maximum absolute atomic E-state index is 12.5. The number of carbonyl (C=O) groups is 2. The van der Waals surface area contributed by atoms with E-state index < -0.39 is 5.54 Å². The zero-order valence-corrected chi connectivity index (χ0v) is 13.6. The minimum atomic E-state index is -0.836. The van der Waals surface area contributed by atoms with Crippen molar-refractivity contribution in [2.24, 2.45) is 0 Å². The van der Waals surface area contributed by atoms with Gasteiger partial charge in [-0.05, 0) is 26.7 Å². The molecule has 6 nitrogen and oxygen atoms in total. The summed E-state index contributed by atoms with van der Waals surface area (Å²) in [5.74, 6) is -0.109. The Morgan fingerprint density at radius 2 is 1.95 bits per heavy atom. The molecule has 1 saturated heterocycles. The van der Waals surface area contributed by atoms with Crippen molar-refractivity contribution < 1.29 is 19.1 Å².